The Bertz CT molecular complexity index is 880. The maximum atomic E-state index is 12.7. The van der Waals surface area contributed by atoms with Gasteiger partial charge in [-0.25, -0.2) is 9.78 Å². The molecular formula is C20H23F3N4O3S. The van der Waals surface area contributed by atoms with E-state index in [1.165, 1.54) is 18.4 Å². The Kier molecular flexibility index (Phi) is 7.26. The summed E-state index contributed by atoms with van der Waals surface area (Å²) in [4.78, 5) is 34.3. The summed E-state index contributed by atoms with van der Waals surface area (Å²) in [6.45, 7) is 4.93. The van der Waals surface area contributed by atoms with Crippen LogP contribution in [0.15, 0.2) is 35.4 Å². The van der Waals surface area contributed by atoms with E-state index in [9.17, 15) is 18.0 Å². The van der Waals surface area contributed by atoms with Crippen LogP contribution in [-0.2, 0) is 11.3 Å². The molecule has 31 heavy (non-hydrogen) atoms. The molecule has 0 bridgehead atoms. The van der Waals surface area contributed by atoms with Gasteiger partial charge in [0.15, 0.2) is 0 Å². The lowest BCUT2D eigenvalue weighted by Gasteiger charge is -2.40. The highest BCUT2D eigenvalue weighted by atomic mass is 32.1. The van der Waals surface area contributed by atoms with Gasteiger partial charge in [0.25, 0.3) is 5.91 Å². The van der Waals surface area contributed by atoms with Crippen LogP contribution in [0.2, 0.25) is 0 Å². The molecule has 2 aliphatic rings. The third-order valence-electron chi connectivity index (χ3n) is 5.48. The summed E-state index contributed by atoms with van der Waals surface area (Å²) >= 11 is 1.76. The molecule has 4 heterocycles. The fraction of sp³-hybridized carbons (Fsp3) is 0.500. The highest BCUT2D eigenvalue weighted by Crippen LogP contribution is 2.39. The Balaban J connectivity index is 0.000000339. The van der Waals surface area contributed by atoms with E-state index < -0.39 is 12.1 Å². The number of carboxylic acid groups (broad SMARTS) is 1. The second-order valence-electron chi connectivity index (χ2n) is 7.82. The molecule has 0 aliphatic carbocycles. The highest BCUT2D eigenvalue weighted by Gasteiger charge is 2.42. The standard InChI is InChI=1S/C18H22N4OS.C2HF3O2/c23-17(16-10-19-5-6-20-16)22-7-1-3-18(14-22)4-8-21(13-18)11-15-2-9-24-12-15;3-2(4,5)1(6)7/h2,5-6,9-10,12H,1,3-4,7-8,11,13-14H2;(H,6,7). The number of carbonyl (C=O) groups is 2. The van der Waals surface area contributed by atoms with E-state index >= 15 is 0 Å². The molecule has 4 rings (SSSR count). The number of likely N-dealkylation sites (tertiary alicyclic amines) is 2. The summed E-state index contributed by atoms with van der Waals surface area (Å²) in [6, 6.07) is 2.21. The van der Waals surface area contributed by atoms with Gasteiger partial charge in [0.1, 0.15) is 5.69 Å². The molecule has 168 valence electrons. The number of rotatable bonds is 3. The molecule has 1 spiro atoms. The summed E-state index contributed by atoms with van der Waals surface area (Å²) in [6.07, 6.45) is 3.16. The lowest BCUT2D eigenvalue weighted by atomic mass is 9.79. The predicted molar refractivity (Wildman–Crippen MR) is 108 cm³/mol. The van der Waals surface area contributed by atoms with Crippen molar-refractivity contribution in [3.05, 3.63) is 46.7 Å². The van der Waals surface area contributed by atoms with Crippen LogP contribution in [0.4, 0.5) is 13.2 Å². The van der Waals surface area contributed by atoms with Gasteiger partial charge in [0.2, 0.25) is 0 Å². The molecule has 1 amide bonds. The lowest BCUT2D eigenvalue weighted by molar-refractivity contribution is -0.192. The minimum Gasteiger partial charge on any atom is -0.475 e. The lowest BCUT2D eigenvalue weighted by Crippen LogP contribution is -2.47. The summed E-state index contributed by atoms with van der Waals surface area (Å²) in [7, 11) is 0. The van der Waals surface area contributed by atoms with Crippen LogP contribution < -0.4 is 0 Å². The topological polar surface area (TPSA) is 86.6 Å². The van der Waals surface area contributed by atoms with Crippen LogP contribution in [0.1, 0.15) is 35.3 Å². The van der Waals surface area contributed by atoms with Crippen molar-refractivity contribution < 1.29 is 27.9 Å². The number of alkyl halides is 3. The van der Waals surface area contributed by atoms with E-state index in [4.69, 9.17) is 9.90 Å². The summed E-state index contributed by atoms with van der Waals surface area (Å²) < 4.78 is 31.7. The van der Waals surface area contributed by atoms with Crippen LogP contribution in [-0.4, -0.2) is 69.1 Å². The Morgan fingerprint density at radius 2 is 1.97 bits per heavy atom. The van der Waals surface area contributed by atoms with Crippen molar-refractivity contribution in [2.75, 3.05) is 26.2 Å². The molecule has 0 saturated carbocycles. The average Bonchev–Trinajstić information content (AvgIpc) is 3.38. The minimum absolute atomic E-state index is 0.0264. The van der Waals surface area contributed by atoms with Gasteiger partial charge in [-0.2, -0.15) is 24.5 Å². The number of aromatic nitrogens is 2. The number of amides is 1. The molecule has 1 N–H and O–H groups in total. The zero-order chi connectivity index (χ0) is 22.5. The molecule has 7 nitrogen and oxygen atoms in total. The summed E-state index contributed by atoms with van der Waals surface area (Å²) in [5.74, 6) is -2.73. The molecule has 2 aromatic heterocycles. The average molecular weight is 456 g/mol. The SMILES string of the molecule is O=C(O)C(F)(F)F.O=C(c1cnccn1)N1CCCC2(CCN(Cc3ccsc3)C2)C1. The van der Waals surface area contributed by atoms with Crippen molar-refractivity contribution in [2.24, 2.45) is 5.41 Å². The van der Waals surface area contributed by atoms with Crippen molar-refractivity contribution in [1.82, 2.24) is 19.8 Å². The number of hydrogen-bond acceptors (Lipinski definition) is 6. The van der Waals surface area contributed by atoms with Crippen LogP contribution in [0, 0.1) is 5.41 Å². The van der Waals surface area contributed by atoms with Crippen LogP contribution in [0.3, 0.4) is 0 Å². The van der Waals surface area contributed by atoms with E-state index in [0.717, 1.165) is 39.1 Å². The van der Waals surface area contributed by atoms with Crippen molar-refractivity contribution in [2.45, 2.75) is 32.0 Å². The minimum atomic E-state index is -5.08. The number of nitrogens with zero attached hydrogens (tertiary/aromatic N) is 4. The van der Waals surface area contributed by atoms with Crippen molar-refractivity contribution in [3.63, 3.8) is 0 Å². The fourth-order valence-corrected chi connectivity index (χ4v) is 4.75. The molecule has 1 unspecified atom stereocenters. The molecule has 2 aromatic rings. The Morgan fingerprint density at radius 1 is 1.19 bits per heavy atom. The largest absolute Gasteiger partial charge is 0.490 e. The van der Waals surface area contributed by atoms with Crippen LogP contribution in [0.5, 0.6) is 0 Å². The van der Waals surface area contributed by atoms with Gasteiger partial charge in [-0.3, -0.25) is 14.7 Å². The third kappa shape index (κ3) is 6.23. The van der Waals surface area contributed by atoms with Crippen LogP contribution >= 0.6 is 11.3 Å². The van der Waals surface area contributed by atoms with Crippen molar-refractivity contribution in [1.29, 1.82) is 0 Å². The number of hydrogen-bond donors (Lipinski definition) is 1. The molecule has 0 radical (unpaired) electrons. The maximum Gasteiger partial charge on any atom is 0.490 e. The first-order valence-electron chi connectivity index (χ1n) is 9.77. The van der Waals surface area contributed by atoms with Gasteiger partial charge in [-0.15, -0.1) is 0 Å². The molecule has 2 aliphatic heterocycles. The molecule has 2 fully saturated rings. The second-order valence-corrected chi connectivity index (χ2v) is 8.60. The number of halogens is 3. The van der Waals surface area contributed by atoms with Gasteiger partial charge >= 0.3 is 12.1 Å². The Hall–Kier alpha value is -2.53. The first-order chi connectivity index (χ1) is 14.7. The Morgan fingerprint density at radius 3 is 2.58 bits per heavy atom. The number of carboxylic acids is 1. The molecular weight excluding hydrogens is 433 g/mol. The molecule has 1 atom stereocenters. The van der Waals surface area contributed by atoms with Crippen molar-refractivity contribution >= 4 is 23.2 Å². The number of thiophene rings is 1. The van der Waals surface area contributed by atoms with E-state index in [1.807, 2.05) is 4.90 Å². The normalized spacial score (nSPS) is 21.6. The first-order valence-corrected chi connectivity index (χ1v) is 10.7. The summed E-state index contributed by atoms with van der Waals surface area (Å²) in [5, 5.41) is 11.5. The van der Waals surface area contributed by atoms with E-state index in [2.05, 4.69) is 31.7 Å². The van der Waals surface area contributed by atoms with E-state index in [1.54, 1.807) is 29.9 Å². The third-order valence-corrected chi connectivity index (χ3v) is 6.21. The molecule has 2 saturated heterocycles. The zero-order valence-corrected chi connectivity index (χ0v) is 17.5. The zero-order valence-electron chi connectivity index (χ0n) is 16.7. The molecule has 11 heteroatoms. The van der Waals surface area contributed by atoms with Gasteiger partial charge in [0, 0.05) is 44.0 Å². The number of piperidine rings is 1. The Labute approximate surface area is 181 Å². The fourth-order valence-electron chi connectivity index (χ4n) is 4.09. The van der Waals surface area contributed by atoms with Gasteiger partial charge in [-0.1, -0.05) is 0 Å². The predicted octanol–water partition coefficient (Wildman–Crippen LogP) is 3.30. The monoisotopic (exact) mass is 456 g/mol. The maximum absolute atomic E-state index is 12.7. The van der Waals surface area contributed by atoms with Crippen LogP contribution in [0.25, 0.3) is 0 Å². The highest BCUT2D eigenvalue weighted by molar-refractivity contribution is 7.07. The van der Waals surface area contributed by atoms with E-state index in [-0.39, 0.29) is 11.3 Å². The van der Waals surface area contributed by atoms with Crippen molar-refractivity contribution in [3.8, 4) is 0 Å². The first kappa shape index (κ1) is 23.1. The summed E-state index contributed by atoms with van der Waals surface area (Å²) in [5.41, 5.74) is 2.12. The van der Waals surface area contributed by atoms with E-state index in [0.29, 0.717) is 5.69 Å². The number of carbonyl (C=O) groups excluding carboxylic acids is 1. The number of aliphatic carboxylic acids is 1. The smallest absolute Gasteiger partial charge is 0.475 e. The van der Waals surface area contributed by atoms with Gasteiger partial charge in [0.05, 0.1) is 6.20 Å². The van der Waals surface area contributed by atoms with Gasteiger partial charge < -0.3 is 10.0 Å². The van der Waals surface area contributed by atoms with Gasteiger partial charge in [-0.05, 0) is 48.2 Å². The molecule has 0 aromatic carbocycles. The second kappa shape index (κ2) is 9.73. The quantitative estimate of drug-likeness (QED) is 0.763.